The molecule has 21 heavy (non-hydrogen) atoms. The van der Waals surface area contributed by atoms with Gasteiger partial charge in [0.25, 0.3) is 0 Å². The van der Waals surface area contributed by atoms with E-state index in [1.165, 1.54) is 24.8 Å². The van der Waals surface area contributed by atoms with Crippen molar-refractivity contribution in [2.24, 2.45) is 17.1 Å². The summed E-state index contributed by atoms with van der Waals surface area (Å²) in [5.41, 5.74) is 10.3. The third-order valence-electron chi connectivity index (χ3n) is 4.45. The average molecular weight is 287 g/mol. The van der Waals surface area contributed by atoms with E-state index in [4.69, 9.17) is 5.73 Å². The van der Waals surface area contributed by atoms with Crippen LogP contribution in [0.4, 0.5) is 0 Å². The predicted octanol–water partition coefficient (Wildman–Crippen LogP) is 5.56. The number of allylic oxidation sites excluding steroid dienone is 7. The Bertz CT molecular complexity index is 446. The number of hydrogen-bond donors (Lipinski definition) is 1. The Morgan fingerprint density at radius 1 is 1.33 bits per heavy atom. The summed E-state index contributed by atoms with van der Waals surface area (Å²) in [6, 6.07) is 0. The van der Waals surface area contributed by atoms with E-state index < -0.39 is 0 Å². The molecule has 0 saturated heterocycles. The highest BCUT2D eigenvalue weighted by molar-refractivity contribution is 5.33. The van der Waals surface area contributed by atoms with Gasteiger partial charge in [0.1, 0.15) is 0 Å². The molecule has 0 spiro atoms. The van der Waals surface area contributed by atoms with Gasteiger partial charge in [0.2, 0.25) is 0 Å². The Kier molecular flexibility index (Phi) is 7.17. The van der Waals surface area contributed by atoms with Crippen molar-refractivity contribution in [3.05, 3.63) is 47.1 Å². The lowest BCUT2D eigenvalue weighted by atomic mass is 9.72. The lowest BCUT2D eigenvalue weighted by molar-refractivity contribution is 0.376. The minimum absolute atomic E-state index is 0.336. The van der Waals surface area contributed by atoms with Crippen molar-refractivity contribution >= 4 is 0 Å². The summed E-state index contributed by atoms with van der Waals surface area (Å²) in [6.07, 6.45) is 16.2. The quantitative estimate of drug-likeness (QED) is 0.636. The molecule has 1 unspecified atom stereocenters. The molecule has 1 atom stereocenters. The number of rotatable bonds is 6. The highest BCUT2D eigenvalue weighted by Crippen LogP contribution is 2.40. The first-order valence-corrected chi connectivity index (χ1v) is 8.27. The van der Waals surface area contributed by atoms with E-state index >= 15 is 0 Å². The lowest BCUT2D eigenvalue weighted by Gasteiger charge is -2.33. The predicted molar refractivity (Wildman–Crippen MR) is 95.2 cm³/mol. The van der Waals surface area contributed by atoms with E-state index in [0.717, 1.165) is 6.42 Å². The Morgan fingerprint density at radius 3 is 2.67 bits per heavy atom. The Labute approximate surface area is 131 Å². The second-order valence-electron chi connectivity index (χ2n) is 7.07. The van der Waals surface area contributed by atoms with Crippen LogP contribution in [-0.4, -0.2) is 6.54 Å². The lowest BCUT2D eigenvalue weighted by Crippen LogP contribution is -2.19. The van der Waals surface area contributed by atoms with Gasteiger partial charge in [0, 0.05) is 6.54 Å². The fraction of sp³-hybridized carbons (Fsp3) is 0.600. The number of hydrogen-bond acceptors (Lipinski definition) is 1. The highest BCUT2D eigenvalue weighted by Gasteiger charge is 2.26. The SMILES string of the molecule is CC1=C(/C=C/C(C)/C=C/C/C(C)=C/CN)C(C)(C)CCC1. The molecule has 0 bridgehead atoms. The van der Waals surface area contributed by atoms with Crippen molar-refractivity contribution in [1.82, 2.24) is 0 Å². The largest absolute Gasteiger partial charge is 0.327 e. The maximum absolute atomic E-state index is 5.51. The van der Waals surface area contributed by atoms with Crippen molar-refractivity contribution in [3.63, 3.8) is 0 Å². The Morgan fingerprint density at radius 2 is 2.05 bits per heavy atom. The zero-order chi connectivity index (χ0) is 15.9. The molecule has 0 aromatic heterocycles. The molecule has 0 aromatic rings. The minimum atomic E-state index is 0.336. The van der Waals surface area contributed by atoms with Crippen LogP contribution in [0, 0.1) is 11.3 Å². The molecule has 0 saturated carbocycles. The van der Waals surface area contributed by atoms with Gasteiger partial charge in [-0.25, -0.2) is 0 Å². The molecular weight excluding hydrogens is 254 g/mol. The highest BCUT2D eigenvalue weighted by atomic mass is 14.5. The van der Waals surface area contributed by atoms with Crippen molar-refractivity contribution < 1.29 is 0 Å². The van der Waals surface area contributed by atoms with Gasteiger partial charge in [-0.2, -0.15) is 0 Å². The molecule has 1 aliphatic carbocycles. The van der Waals surface area contributed by atoms with Gasteiger partial charge < -0.3 is 5.73 Å². The molecule has 1 heteroatoms. The molecule has 0 amide bonds. The first-order chi connectivity index (χ1) is 9.86. The molecular formula is C20H33N. The summed E-state index contributed by atoms with van der Waals surface area (Å²) in [7, 11) is 0. The molecule has 0 heterocycles. The van der Waals surface area contributed by atoms with Crippen LogP contribution < -0.4 is 5.73 Å². The van der Waals surface area contributed by atoms with Gasteiger partial charge in [0.05, 0.1) is 0 Å². The van der Waals surface area contributed by atoms with Crippen molar-refractivity contribution in [2.75, 3.05) is 6.54 Å². The topological polar surface area (TPSA) is 26.0 Å². The van der Waals surface area contributed by atoms with E-state index in [1.807, 2.05) is 0 Å². The van der Waals surface area contributed by atoms with E-state index in [1.54, 1.807) is 11.1 Å². The van der Waals surface area contributed by atoms with Crippen molar-refractivity contribution in [3.8, 4) is 0 Å². The molecule has 2 N–H and O–H groups in total. The molecule has 1 nitrogen and oxygen atoms in total. The van der Waals surface area contributed by atoms with Gasteiger partial charge in [-0.3, -0.25) is 0 Å². The third kappa shape index (κ3) is 6.05. The summed E-state index contributed by atoms with van der Waals surface area (Å²) in [5, 5.41) is 0. The maximum atomic E-state index is 5.51. The van der Waals surface area contributed by atoms with Crippen molar-refractivity contribution in [1.29, 1.82) is 0 Å². The molecule has 118 valence electrons. The van der Waals surface area contributed by atoms with Gasteiger partial charge in [-0.15, -0.1) is 0 Å². The normalized spacial score (nSPS) is 21.5. The Hall–Kier alpha value is -1.08. The molecule has 0 aromatic carbocycles. The summed E-state index contributed by atoms with van der Waals surface area (Å²) in [5.74, 6) is 0.480. The molecule has 0 radical (unpaired) electrons. The summed E-state index contributed by atoms with van der Waals surface area (Å²) < 4.78 is 0. The maximum Gasteiger partial charge on any atom is 0.0109 e. The Balaban J connectivity index is 2.63. The van der Waals surface area contributed by atoms with Crippen LogP contribution in [0.15, 0.2) is 47.1 Å². The molecule has 0 fully saturated rings. The van der Waals surface area contributed by atoms with Crippen LogP contribution in [-0.2, 0) is 0 Å². The van der Waals surface area contributed by atoms with Crippen LogP contribution in [0.3, 0.4) is 0 Å². The van der Waals surface area contributed by atoms with Gasteiger partial charge in [0.15, 0.2) is 0 Å². The van der Waals surface area contributed by atoms with Gasteiger partial charge in [-0.1, -0.05) is 62.3 Å². The smallest absolute Gasteiger partial charge is 0.0109 e. The van der Waals surface area contributed by atoms with Crippen LogP contribution in [0.2, 0.25) is 0 Å². The minimum Gasteiger partial charge on any atom is -0.327 e. The summed E-state index contributed by atoms with van der Waals surface area (Å²) >= 11 is 0. The first kappa shape index (κ1) is 18.0. The zero-order valence-electron chi connectivity index (χ0n) is 14.6. The summed E-state index contributed by atoms with van der Waals surface area (Å²) in [6.45, 7) is 12.1. The fourth-order valence-corrected chi connectivity index (χ4v) is 3.08. The first-order valence-electron chi connectivity index (χ1n) is 8.27. The van der Waals surface area contributed by atoms with Crippen LogP contribution in [0.1, 0.15) is 60.3 Å². The second kappa shape index (κ2) is 8.38. The molecule has 1 aliphatic rings. The van der Waals surface area contributed by atoms with E-state index in [-0.39, 0.29) is 0 Å². The van der Waals surface area contributed by atoms with E-state index in [0.29, 0.717) is 17.9 Å². The average Bonchev–Trinajstić information content (AvgIpc) is 2.37. The van der Waals surface area contributed by atoms with Crippen molar-refractivity contribution in [2.45, 2.75) is 60.3 Å². The summed E-state index contributed by atoms with van der Waals surface area (Å²) in [4.78, 5) is 0. The van der Waals surface area contributed by atoms with Crippen LogP contribution in [0.5, 0.6) is 0 Å². The van der Waals surface area contributed by atoms with Crippen LogP contribution >= 0.6 is 0 Å². The standard InChI is InChI=1S/C20H33N/c1-16(8-6-9-17(2)13-15-21)11-12-19-18(3)10-7-14-20(19,4)5/h6,8,11-13,16H,7,9-10,14-15,21H2,1-5H3/b8-6+,12-11+,17-13+. The molecule has 0 aliphatic heterocycles. The van der Waals surface area contributed by atoms with E-state index in [2.05, 4.69) is 65.0 Å². The third-order valence-corrected chi connectivity index (χ3v) is 4.45. The van der Waals surface area contributed by atoms with Crippen LogP contribution in [0.25, 0.3) is 0 Å². The van der Waals surface area contributed by atoms with Gasteiger partial charge in [-0.05, 0) is 56.4 Å². The van der Waals surface area contributed by atoms with Gasteiger partial charge >= 0.3 is 0 Å². The monoisotopic (exact) mass is 287 g/mol. The zero-order valence-corrected chi connectivity index (χ0v) is 14.6. The van der Waals surface area contributed by atoms with E-state index in [9.17, 15) is 0 Å². The number of nitrogens with two attached hydrogens (primary N) is 1. The molecule has 1 rings (SSSR count). The fourth-order valence-electron chi connectivity index (χ4n) is 3.08. The second-order valence-corrected chi connectivity index (χ2v) is 7.07.